The summed E-state index contributed by atoms with van der Waals surface area (Å²) in [6.07, 6.45) is 2.61. The number of carbonyl (C=O) groups is 1. The molecular weight excluding hydrogens is 314 g/mol. The Kier molecular flexibility index (Phi) is 6.15. The molecule has 0 aliphatic rings. The number of hydrogen-bond acceptors (Lipinski definition) is 3. The zero-order valence-electron chi connectivity index (χ0n) is 13.6. The van der Waals surface area contributed by atoms with Gasteiger partial charge in [-0.15, -0.1) is 0 Å². The van der Waals surface area contributed by atoms with E-state index in [4.69, 9.17) is 0 Å². The standard InChI is InChI=1S/C16H23N3O3S/c1-3-18-13-7-4-5-8-14(13)19(16(18)21)11-9-15(20)17-10-6-12-23(2)22/h4-5,7-8H,3,6,9-12H2,1-2H3,(H,17,20). The Labute approximate surface area is 137 Å². The number of nitrogens with zero attached hydrogens (tertiary/aromatic N) is 2. The van der Waals surface area contributed by atoms with E-state index >= 15 is 0 Å². The molecule has 0 saturated heterocycles. The highest BCUT2D eigenvalue weighted by atomic mass is 32.2. The first-order chi connectivity index (χ1) is 11.0. The lowest BCUT2D eigenvalue weighted by Crippen LogP contribution is -2.29. The van der Waals surface area contributed by atoms with Crippen LogP contribution in [0.4, 0.5) is 0 Å². The molecule has 1 aromatic carbocycles. The van der Waals surface area contributed by atoms with Gasteiger partial charge in [0.2, 0.25) is 5.91 Å². The number of amides is 1. The highest BCUT2D eigenvalue weighted by Crippen LogP contribution is 2.12. The van der Waals surface area contributed by atoms with Gasteiger partial charge in [0.1, 0.15) is 0 Å². The number of carbonyl (C=O) groups excluding carboxylic acids is 1. The second-order valence-electron chi connectivity index (χ2n) is 5.40. The molecule has 7 heteroatoms. The van der Waals surface area contributed by atoms with Crippen LogP contribution in [-0.4, -0.2) is 37.8 Å². The van der Waals surface area contributed by atoms with E-state index in [1.54, 1.807) is 15.4 Å². The van der Waals surface area contributed by atoms with Crippen LogP contribution in [0, 0.1) is 0 Å². The number of fused-ring (bicyclic) bond motifs is 1. The summed E-state index contributed by atoms with van der Waals surface area (Å²) < 4.78 is 14.3. The molecule has 6 nitrogen and oxygen atoms in total. The SMILES string of the molecule is CCn1c(=O)n(CCC(=O)NCCCS(C)=O)c2ccccc21. The molecule has 1 unspecified atom stereocenters. The molecule has 0 radical (unpaired) electrons. The van der Waals surface area contributed by atoms with E-state index < -0.39 is 10.8 Å². The molecule has 0 spiro atoms. The molecule has 0 bridgehead atoms. The Morgan fingerprint density at radius 3 is 2.48 bits per heavy atom. The Hall–Kier alpha value is -1.89. The minimum atomic E-state index is -0.830. The number of aromatic nitrogens is 2. The number of hydrogen-bond donors (Lipinski definition) is 1. The molecule has 1 atom stereocenters. The minimum Gasteiger partial charge on any atom is -0.356 e. The Morgan fingerprint density at radius 1 is 1.22 bits per heavy atom. The van der Waals surface area contributed by atoms with Crippen molar-refractivity contribution in [1.82, 2.24) is 14.5 Å². The molecule has 0 aliphatic carbocycles. The lowest BCUT2D eigenvalue weighted by Gasteiger charge is -2.05. The Balaban J connectivity index is 2.00. The van der Waals surface area contributed by atoms with Crippen LogP contribution in [0.1, 0.15) is 19.8 Å². The van der Waals surface area contributed by atoms with Gasteiger partial charge in [-0.2, -0.15) is 0 Å². The molecule has 2 rings (SSSR count). The number of rotatable bonds is 8. The molecular formula is C16H23N3O3S. The van der Waals surface area contributed by atoms with Gasteiger partial charge in [-0.1, -0.05) is 12.1 Å². The topological polar surface area (TPSA) is 73.1 Å². The number of nitrogens with one attached hydrogen (secondary N) is 1. The predicted octanol–water partition coefficient (Wildman–Crippen LogP) is 1.10. The van der Waals surface area contributed by atoms with Gasteiger partial charge < -0.3 is 5.32 Å². The van der Waals surface area contributed by atoms with Gasteiger partial charge in [-0.25, -0.2) is 4.79 Å². The molecule has 23 heavy (non-hydrogen) atoms. The van der Waals surface area contributed by atoms with Crippen LogP contribution < -0.4 is 11.0 Å². The molecule has 126 valence electrons. The van der Waals surface area contributed by atoms with Gasteiger partial charge in [-0.3, -0.25) is 18.1 Å². The molecule has 2 aromatic rings. The smallest absolute Gasteiger partial charge is 0.329 e. The molecule has 0 aliphatic heterocycles. The number of imidazole rings is 1. The van der Waals surface area contributed by atoms with Crippen LogP contribution in [0.5, 0.6) is 0 Å². The third kappa shape index (κ3) is 4.31. The van der Waals surface area contributed by atoms with E-state index in [2.05, 4.69) is 5.32 Å². The maximum absolute atomic E-state index is 12.4. The lowest BCUT2D eigenvalue weighted by atomic mass is 10.3. The normalized spacial score (nSPS) is 12.4. The average Bonchev–Trinajstić information content (AvgIpc) is 2.80. The summed E-state index contributed by atoms with van der Waals surface area (Å²) in [5, 5.41) is 2.80. The summed E-state index contributed by atoms with van der Waals surface area (Å²) in [7, 11) is -0.830. The summed E-state index contributed by atoms with van der Waals surface area (Å²) in [4.78, 5) is 24.3. The van der Waals surface area contributed by atoms with Gasteiger partial charge >= 0.3 is 5.69 Å². The largest absolute Gasteiger partial charge is 0.356 e. The fourth-order valence-electron chi connectivity index (χ4n) is 2.60. The highest BCUT2D eigenvalue weighted by molar-refractivity contribution is 7.84. The predicted molar refractivity (Wildman–Crippen MR) is 93.0 cm³/mol. The van der Waals surface area contributed by atoms with Crippen molar-refractivity contribution in [1.29, 1.82) is 0 Å². The van der Waals surface area contributed by atoms with Crippen LogP contribution in [0.2, 0.25) is 0 Å². The van der Waals surface area contributed by atoms with Crippen LogP contribution >= 0.6 is 0 Å². The number of aryl methyl sites for hydroxylation is 2. The lowest BCUT2D eigenvalue weighted by molar-refractivity contribution is -0.121. The van der Waals surface area contributed by atoms with E-state index in [1.807, 2.05) is 31.2 Å². The molecule has 1 aromatic heterocycles. The minimum absolute atomic E-state index is 0.0807. The highest BCUT2D eigenvalue weighted by Gasteiger charge is 2.12. The summed E-state index contributed by atoms with van der Waals surface area (Å²) in [6.45, 7) is 3.41. The zero-order chi connectivity index (χ0) is 16.8. The van der Waals surface area contributed by atoms with Gasteiger partial charge in [0, 0.05) is 48.9 Å². The van der Waals surface area contributed by atoms with Crippen molar-refractivity contribution in [2.45, 2.75) is 32.9 Å². The second-order valence-corrected chi connectivity index (χ2v) is 6.95. The first-order valence-corrected chi connectivity index (χ1v) is 9.52. The van der Waals surface area contributed by atoms with Crippen molar-refractivity contribution in [2.75, 3.05) is 18.6 Å². The molecule has 0 saturated carbocycles. The van der Waals surface area contributed by atoms with E-state index in [1.165, 1.54) is 0 Å². The van der Waals surface area contributed by atoms with Crippen LogP contribution in [0.25, 0.3) is 11.0 Å². The third-order valence-electron chi connectivity index (χ3n) is 3.73. The summed E-state index contributed by atoms with van der Waals surface area (Å²) in [6, 6.07) is 7.62. The monoisotopic (exact) mass is 337 g/mol. The zero-order valence-corrected chi connectivity index (χ0v) is 14.4. The van der Waals surface area contributed by atoms with Crippen LogP contribution in [0.15, 0.2) is 29.1 Å². The average molecular weight is 337 g/mol. The van der Waals surface area contributed by atoms with Crippen LogP contribution in [0.3, 0.4) is 0 Å². The van der Waals surface area contributed by atoms with Crippen LogP contribution in [-0.2, 0) is 28.7 Å². The molecule has 0 fully saturated rings. The fraction of sp³-hybridized carbons (Fsp3) is 0.500. The van der Waals surface area contributed by atoms with Gasteiger partial charge in [0.25, 0.3) is 0 Å². The molecule has 1 heterocycles. The van der Waals surface area contributed by atoms with Gasteiger partial charge in [0.05, 0.1) is 11.0 Å². The number of benzene rings is 1. The first kappa shape index (κ1) is 17.5. The summed E-state index contributed by atoms with van der Waals surface area (Å²) in [5.74, 6) is 0.496. The van der Waals surface area contributed by atoms with Crippen molar-refractivity contribution < 1.29 is 9.00 Å². The third-order valence-corrected chi connectivity index (χ3v) is 4.60. The van der Waals surface area contributed by atoms with Gasteiger partial charge in [-0.05, 0) is 25.5 Å². The van der Waals surface area contributed by atoms with Crippen molar-refractivity contribution in [3.63, 3.8) is 0 Å². The summed E-state index contributed by atoms with van der Waals surface area (Å²) in [5.41, 5.74) is 1.67. The van der Waals surface area contributed by atoms with Crippen molar-refractivity contribution in [2.24, 2.45) is 0 Å². The second kappa shape index (κ2) is 8.10. The molecule has 1 amide bonds. The van der Waals surface area contributed by atoms with E-state index in [9.17, 15) is 13.8 Å². The van der Waals surface area contributed by atoms with Crippen molar-refractivity contribution in [3.05, 3.63) is 34.7 Å². The maximum Gasteiger partial charge on any atom is 0.329 e. The number of para-hydroxylation sites is 2. The van der Waals surface area contributed by atoms with Crippen molar-refractivity contribution >= 4 is 27.7 Å². The van der Waals surface area contributed by atoms with Gasteiger partial charge in [0.15, 0.2) is 0 Å². The van der Waals surface area contributed by atoms with E-state index in [0.29, 0.717) is 31.8 Å². The van der Waals surface area contributed by atoms with Crippen molar-refractivity contribution in [3.8, 4) is 0 Å². The first-order valence-electron chi connectivity index (χ1n) is 7.79. The Morgan fingerprint density at radius 2 is 1.87 bits per heavy atom. The Bertz CT molecular complexity index is 764. The van der Waals surface area contributed by atoms with E-state index in [0.717, 1.165) is 11.0 Å². The molecule has 1 N–H and O–H groups in total. The summed E-state index contributed by atoms with van der Waals surface area (Å²) >= 11 is 0. The van der Waals surface area contributed by atoms with E-state index in [-0.39, 0.29) is 18.0 Å². The fourth-order valence-corrected chi connectivity index (χ4v) is 3.15. The quantitative estimate of drug-likeness (QED) is 0.733. The maximum atomic E-state index is 12.4.